The smallest absolute Gasteiger partial charge is 0.275 e. The van der Waals surface area contributed by atoms with Gasteiger partial charge in [0.1, 0.15) is 5.60 Å². The van der Waals surface area contributed by atoms with Crippen LogP contribution in [0.4, 0.5) is 5.69 Å². The van der Waals surface area contributed by atoms with E-state index >= 15 is 0 Å². The molecule has 1 aromatic carbocycles. The minimum Gasteiger partial charge on any atom is -0.386 e. The predicted octanol–water partition coefficient (Wildman–Crippen LogP) is 1.49. The highest BCUT2D eigenvalue weighted by molar-refractivity contribution is 6.30. The zero-order valence-corrected chi connectivity index (χ0v) is 11.0. The maximum absolute atomic E-state index is 10.9. The van der Waals surface area contributed by atoms with Crippen molar-refractivity contribution in [3.05, 3.63) is 38.9 Å². The van der Waals surface area contributed by atoms with Crippen molar-refractivity contribution in [3.8, 4) is 0 Å². The fourth-order valence-corrected chi connectivity index (χ4v) is 2.19. The van der Waals surface area contributed by atoms with Crippen molar-refractivity contribution < 1.29 is 14.8 Å². The summed E-state index contributed by atoms with van der Waals surface area (Å²) in [5.74, 6) is 0. The molecular formula is C12H15ClN2O4. The standard InChI is InChI=1S/C12H15ClN2O4/c13-10-2-1-9(11(5-10)15(17)18)6-14-7-12(16)3-4-19-8-12/h1-2,5,14,16H,3-4,6-8H2. The zero-order chi connectivity index (χ0) is 13.9. The van der Waals surface area contributed by atoms with E-state index in [1.54, 1.807) is 12.1 Å². The summed E-state index contributed by atoms with van der Waals surface area (Å²) in [7, 11) is 0. The van der Waals surface area contributed by atoms with Gasteiger partial charge < -0.3 is 15.2 Å². The molecule has 104 valence electrons. The van der Waals surface area contributed by atoms with E-state index in [1.165, 1.54) is 6.07 Å². The summed E-state index contributed by atoms with van der Waals surface area (Å²) in [5.41, 5.74) is -0.354. The molecule has 0 amide bonds. The average molecular weight is 287 g/mol. The number of nitrogens with one attached hydrogen (secondary N) is 1. The quantitative estimate of drug-likeness (QED) is 0.633. The Kier molecular flexibility index (Phi) is 4.36. The molecule has 1 heterocycles. The lowest BCUT2D eigenvalue weighted by Gasteiger charge is -2.20. The van der Waals surface area contributed by atoms with Gasteiger partial charge in [0.05, 0.1) is 11.5 Å². The molecule has 0 aromatic heterocycles. The van der Waals surface area contributed by atoms with E-state index in [9.17, 15) is 15.2 Å². The lowest BCUT2D eigenvalue weighted by atomic mass is 10.0. The van der Waals surface area contributed by atoms with Gasteiger partial charge in [0.25, 0.3) is 5.69 Å². The van der Waals surface area contributed by atoms with Gasteiger partial charge in [0, 0.05) is 42.8 Å². The van der Waals surface area contributed by atoms with Crippen LogP contribution in [0.2, 0.25) is 5.02 Å². The number of rotatable bonds is 5. The number of nitrogens with zero attached hydrogens (tertiary/aromatic N) is 1. The van der Waals surface area contributed by atoms with Gasteiger partial charge in [-0.15, -0.1) is 0 Å². The molecule has 6 nitrogen and oxygen atoms in total. The van der Waals surface area contributed by atoms with Crippen molar-refractivity contribution in [2.75, 3.05) is 19.8 Å². The Balaban J connectivity index is 1.97. The Morgan fingerprint density at radius 1 is 1.58 bits per heavy atom. The van der Waals surface area contributed by atoms with Crippen LogP contribution < -0.4 is 5.32 Å². The Morgan fingerprint density at radius 2 is 2.37 bits per heavy atom. The Morgan fingerprint density at radius 3 is 3.00 bits per heavy atom. The summed E-state index contributed by atoms with van der Waals surface area (Å²) >= 11 is 5.74. The Labute approximate surface area is 115 Å². The van der Waals surface area contributed by atoms with Crippen molar-refractivity contribution in [1.29, 1.82) is 0 Å². The third kappa shape index (κ3) is 3.63. The minimum absolute atomic E-state index is 0.0188. The van der Waals surface area contributed by atoms with Gasteiger partial charge in [-0.3, -0.25) is 10.1 Å². The molecule has 19 heavy (non-hydrogen) atoms. The van der Waals surface area contributed by atoms with Crippen molar-refractivity contribution >= 4 is 17.3 Å². The molecule has 0 bridgehead atoms. The molecule has 1 aliphatic heterocycles. The van der Waals surface area contributed by atoms with Gasteiger partial charge in [-0.2, -0.15) is 0 Å². The first kappa shape index (κ1) is 14.2. The predicted molar refractivity (Wildman–Crippen MR) is 70.2 cm³/mol. The maximum atomic E-state index is 10.9. The zero-order valence-electron chi connectivity index (χ0n) is 10.3. The van der Waals surface area contributed by atoms with Crippen molar-refractivity contribution in [2.24, 2.45) is 0 Å². The summed E-state index contributed by atoms with van der Waals surface area (Å²) in [6.07, 6.45) is 0.572. The van der Waals surface area contributed by atoms with E-state index in [-0.39, 0.29) is 5.69 Å². The summed E-state index contributed by atoms with van der Waals surface area (Å²) in [6, 6.07) is 4.55. The highest BCUT2D eigenvalue weighted by Crippen LogP contribution is 2.23. The fourth-order valence-electron chi connectivity index (χ4n) is 2.02. The first-order valence-electron chi connectivity index (χ1n) is 5.94. The molecule has 1 aromatic rings. The molecular weight excluding hydrogens is 272 g/mol. The van der Waals surface area contributed by atoms with Crippen molar-refractivity contribution in [1.82, 2.24) is 5.32 Å². The summed E-state index contributed by atoms with van der Waals surface area (Å²) < 4.78 is 5.12. The third-order valence-electron chi connectivity index (χ3n) is 3.10. The minimum atomic E-state index is -0.874. The van der Waals surface area contributed by atoms with E-state index in [0.717, 1.165) is 0 Å². The van der Waals surface area contributed by atoms with Crippen LogP contribution in [0.5, 0.6) is 0 Å². The monoisotopic (exact) mass is 286 g/mol. The van der Waals surface area contributed by atoms with Crippen LogP contribution in [0.1, 0.15) is 12.0 Å². The van der Waals surface area contributed by atoms with Crippen LogP contribution >= 0.6 is 11.6 Å². The number of halogens is 1. The number of hydrogen-bond acceptors (Lipinski definition) is 5. The number of benzene rings is 1. The normalized spacial score (nSPS) is 22.6. The first-order chi connectivity index (χ1) is 9.00. The molecule has 0 spiro atoms. The van der Waals surface area contributed by atoms with Crippen molar-refractivity contribution in [3.63, 3.8) is 0 Å². The Hall–Kier alpha value is -1.21. The van der Waals surface area contributed by atoms with Crippen LogP contribution in [-0.2, 0) is 11.3 Å². The average Bonchev–Trinajstić information content (AvgIpc) is 2.78. The molecule has 2 N–H and O–H groups in total. The molecule has 1 fully saturated rings. The first-order valence-corrected chi connectivity index (χ1v) is 6.32. The van der Waals surface area contributed by atoms with E-state index in [2.05, 4.69) is 5.32 Å². The second-order valence-electron chi connectivity index (χ2n) is 4.66. The van der Waals surface area contributed by atoms with Gasteiger partial charge in [0.2, 0.25) is 0 Å². The summed E-state index contributed by atoms with van der Waals surface area (Å²) in [4.78, 5) is 10.4. The number of nitro benzene ring substituents is 1. The number of ether oxygens (including phenoxy) is 1. The van der Waals surface area contributed by atoms with E-state index in [4.69, 9.17) is 16.3 Å². The molecule has 1 aliphatic rings. The van der Waals surface area contributed by atoms with Crippen molar-refractivity contribution in [2.45, 2.75) is 18.6 Å². The topological polar surface area (TPSA) is 84.6 Å². The second kappa shape index (κ2) is 5.83. The lowest BCUT2D eigenvalue weighted by Crippen LogP contribution is -2.40. The van der Waals surface area contributed by atoms with Crippen LogP contribution in [-0.4, -0.2) is 35.4 Å². The number of aliphatic hydroxyl groups is 1. The van der Waals surface area contributed by atoms with Crippen LogP contribution in [0.3, 0.4) is 0 Å². The molecule has 0 aliphatic carbocycles. The van der Waals surface area contributed by atoms with Gasteiger partial charge in [-0.1, -0.05) is 11.6 Å². The fraction of sp³-hybridized carbons (Fsp3) is 0.500. The van der Waals surface area contributed by atoms with E-state index < -0.39 is 10.5 Å². The molecule has 1 unspecified atom stereocenters. The van der Waals surface area contributed by atoms with Crippen LogP contribution in [0.15, 0.2) is 18.2 Å². The molecule has 7 heteroatoms. The summed E-state index contributed by atoms with van der Waals surface area (Å²) in [5, 5.41) is 24.3. The second-order valence-corrected chi connectivity index (χ2v) is 5.10. The van der Waals surface area contributed by atoms with Gasteiger partial charge in [-0.05, 0) is 12.1 Å². The van der Waals surface area contributed by atoms with Gasteiger partial charge in [-0.25, -0.2) is 0 Å². The maximum Gasteiger partial charge on any atom is 0.275 e. The largest absolute Gasteiger partial charge is 0.386 e. The Bertz CT molecular complexity index is 475. The number of nitro groups is 1. The highest BCUT2D eigenvalue weighted by atomic mass is 35.5. The molecule has 2 rings (SSSR count). The van der Waals surface area contributed by atoms with Gasteiger partial charge in [0.15, 0.2) is 0 Å². The molecule has 0 saturated carbocycles. The summed E-state index contributed by atoms with van der Waals surface area (Å²) in [6.45, 7) is 1.48. The molecule has 1 atom stereocenters. The SMILES string of the molecule is O=[N+]([O-])c1cc(Cl)ccc1CNCC1(O)CCOC1. The van der Waals surface area contributed by atoms with E-state index in [0.29, 0.717) is 43.3 Å². The van der Waals surface area contributed by atoms with Gasteiger partial charge >= 0.3 is 0 Å². The molecule has 1 saturated heterocycles. The highest BCUT2D eigenvalue weighted by Gasteiger charge is 2.31. The van der Waals surface area contributed by atoms with Crippen LogP contribution in [0, 0.1) is 10.1 Å². The third-order valence-corrected chi connectivity index (χ3v) is 3.33. The lowest BCUT2D eigenvalue weighted by molar-refractivity contribution is -0.385. The van der Waals surface area contributed by atoms with Crippen LogP contribution in [0.25, 0.3) is 0 Å². The van der Waals surface area contributed by atoms with E-state index in [1.807, 2.05) is 0 Å². The molecule has 0 radical (unpaired) electrons. The number of hydrogen-bond donors (Lipinski definition) is 2.